The standard InChI is InChI=1S/C13H21N5O/c1-2-5-14-11-10-18-8-7-16-13(18)12(17-11)15-6-3-4-9-19/h7-8,10,14,19H,2-6,9H2,1H3,(H,15,17). The molecule has 0 aliphatic heterocycles. The van der Waals surface area contributed by atoms with Gasteiger partial charge in [-0.3, -0.25) is 0 Å². The third-order valence-electron chi connectivity index (χ3n) is 2.81. The number of nitrogens with zero attached hydrogens (tertiary/aromatic N) is 3. The van der Waals surface area contributed by atoms with E-state index in [4.69, 9.17) is 5.11 Å². The van der Waals surface area contributed by atoms with Gasteiger partial charge in [-0.05, 0) is 19.3 Å². The van der Waals surface area contributed by atoms with Crippen LogP contribution < -0.4 is 10.6 Å². The quantitative estimate of drug-likeness (QED) is 0.633. The molecule has 0 fully saturated rings. The number of aliphatic hydroxyl groups excluding tert-OH is 1. The molecule has 2 aromatic rings. The number of hydrogen-bond acceptors (Lipinski definition) is 5. The third-order valence-corrected chi connectivity index (χ3v) is 2.81. The molecule has 0 radical (unpaired) electrons. The van der Waals surface area contributed by atoms with Crippen LogP contribution in [0.4, 0.5) is 11.6 Å². The molecule has 0 aliphatic rings. The lowest BCUT2D eigenvalue weighted by Gasteiger charge is -2.10. The number of rotatable bonds is 8. The van der Waals surface area contributed by atoms with Crippen molar-refractivity contribution in [3.05, 3.63) is 18.6 Å². The van der Waals surface area contributed by atoms with Crippen molar-refractivity contribution in [1.82, 2.24) is 14.4 Å². The molecule has 104 valence electrons. The van der Waals surface area contributed by atoms with E-state index in [0.29, 0.717) is 0 Å². The van der Waals surface area contributed by atoms with Crippen molar-refractivity contribution in [3.8, 4) is 0 Å². The fourth-order valence-corrected chi connectivity index (χ4v) is 1.83. The lowest BCUT2D eigenvalue weighted by molar-refractivity contribution is 0.286. The predicted molar refractivity (Wildman–Crippen MR) is 76.6 cm³/mol. The molecule has 0 bridgehead atoms. The smallest absolute Gasteiger partial charge is 0.180 e. The van der Waals surface area contributed by atoms with Crippen LogP contribution in [0.1, 0.15) is 26.2 Å². The highest BCUT2D eigenvalue weighted by molar-refractivity contribution is 5.65. The van der Waals surface area contributed by atoms with Crippen molar-refractivity contribution in [3.63, 3.8) is 0 Å². The van der Waals surface area contributed by atoms with Gasteiger partial charge in [-0.2, -0.15) is 0 Å². The molecule has 0 amide bonds. The highest BCUT2D eigenvalue weighted by Crippen LogP contribution is 2.16. The van der Waals surface area contributed by atoms with Crippen molar-refractivity contribution in [2.24, 2.45) is 0 Å². The number of unbranched alkanes of at least 4 members (excludes halogenated alkanes) is 1. The first-order chi connectivity index (χ1) is 9.35. The Bertz CT molecular complexity index is 511. The predicted octanol–water partition coefficient (Wildman–Crippen LogP) is 1.74. The number of aliphatic hydroxyl groups is 1. The van der Waals surface area contributed by atoms with Crippen molar-refractivity contribution in [2.75, 3.05) is 30.3 Å². The number of imidazole rings is 1. The molecule has 0 spiro atoms. The summed E-state index contributed by atoms with van der Waals surface area (Å²) in [5.41, 5.74) is 0.825. The monoisotopic (exact) mass is 263 g/mol. The highest BCUT2D eigenvalue weighted by atomic mass is 16.2. The molecule has 19 heavy (non-hydrogen) atoms. The molecule has 6 nitrogen and oxygen atoms in total. The van der Waals surface area contributed by atoms with Crippen molar-refractivity contribution >= 4 is 17.3 Å². The van der Waals surface area contributed by atoms with Crippen LogP contribution in [0.3, 0.4) is 0 Å². The lowest BCUT2D eigenvalue weighted by Crippen LogP contribution is -2.09. The van der Waals surface area contributed by atoms with E-state index in [0.717, 1.165) is 49.6 Å². The van der Waals surface area contributed by atoms with E-state index in [2.05, 4.69) is 27.5 Å². The average molecular weight is 263 g/mol. The highest BCUT2D eigenvalue weighted by Gasteiger charge is 2.06. The van der Waals surface area contributed by atoms with Crippen LogP contribution in [0.25, 0.3) is 5.65 Å². The third kappa shape index (κ3) is 3.57. The van der Waals surface area contributed by atoms with Crippen molar-refractivity contribution < 1.29 is 5.11 Å². The maximum absolute atomic E-state index is 8.77. The molecular weight excluding hydrogens is 242 g/mol. The molecule has 0 atom stereocenters. The summed E-state index contributed by atoms with van der Waals surface area (Å²) in [6.07, 6.45) is 8.38. The van der Waals surface area contributed by atoms with E-state index < -0.39 is 0 Å². The molecule has 0 unspecified atom stereocenters. The van der Waals surface area contributed by atoms with Gasteiger partial charge in [-0.15, -0.1) is 0 Å². The first kappa shape index (κ1) is 13.6. The van der Waals surface area contributed by atoms with Crippen molar-refractivity contribution in [1.29, 1.82) is 0 Å². The minimum Gasteiger partial charge on any atom is -0.396 e. The summed E-state index contributed by atoms with van der Waals surface area (Å²) in [6.45, 7) is 4.03. The molecule has 0 aliphatic carbocycles. The Morgan fingerprint density at radius 1 is 1.26 bits per heavy atom. The Balaban J connectivity index is 2.12. The van der Waals surface area contributed by atoms with Gasteiger partial charge in [0.05, 0.1) is 6.20 Å². The van der Waals surface area contributed by atoms with Crippen LogP contribution in [0.2, 0.25) is 0 Å². The summed E-state index contributed by atoms with van der Waals surface area (Å²) < 4.78 is 1.96. The van der Waals surface area contributed by atoms with Gasteiger partial charge >= 0.3 is 0 Å². The normalized spacial score (nSPS) is 10.8. The number of fused-ring (bicyclic) bond motifs is 1. The molecule has 0 aromatic carbocycles. The van der Waals surface area contributed by atoms with Crippen LogP contribution in [0.15, 0.2) is 18.6 Å². The van der Waals surface area contributed by atoms with Crippen molar-refractivity contribution in [2.45, 2.75) is 26.2 Å². The fourth-order valence-electron chi connectivity index (χ4n) is 1.83. The first-order valence-corrected chi connectivity index (χ1v) is 6.77. The van der Waals surface area contributed by atoms with E-state index in [9.17, 15) is 0 Å². The van der Waals surface area contributed by atoms with Gasteiger partial charge in [0.2, 0.25) is 0 Å². The average Bonchev–Trinajstić information content (AvgIpc) is 2.89. The molecule has 3 N–H and O–H groups in total. The topological polar surface area (TPSA) is 74.5 Å². The minimum atomic E-state index is 0.228. The van der Waals surface area contributed by atoms with Gasteiger partial charge in [0.15, 0.2) is 11.5 Å². The van der Waals surface area contributed by atoms with Crippen LogP contribution in [0.5, 0.6) is 0 Å². The first-order valence-electron chi connectivity index (χ1n) is 6.77. The molecule has 2 heterocycles. The zero-order valence-electron chi connectivity index (χ0n) is 11.3. The molecule has 6 heteroatoms. The summed E-state index contributed by atoms with van der Waals surface area (Å²) in [4.78, 5) is 8.84. The number of anilines is 2. The molecule has 2 aromatic heterocycles. The minimum absolute atomic E-state index is 0.228. The second kappa shape index (κ2) is 6.94. The largest absolute Gasteiger partial charge is 0.396 e. The zero-order chi connectivity index (χ0) is 13.5. The summed E-state index contributed by atoms with van der Waals surface area (Å²) in [5, 5.41) is 15.3. The van der Waals surface area contributed by atoms with E-state index in [1.54, 1.807) is 6.20 Å². The lowest BCUT2D eigenvalue weighted by atomic mass is 10.3. The fraction of sp³-hybridized carbons (Fsp3) is 0.538. The molecule has 0 saturated heterocycles. The van der Waals surface area contributed by atoms with Gasteiger partial charge in [0.1, 0.15) is 5.82 Å². The van der Waals surface area contributed by atoms with Gasteiger partial charge in [-0.1, -0.05) is 6.92 Å². The van der Waals surface area contributed by atoms with E-state index in [1.165, 1.54) is 0 Å². The summed E-state index contributed by atoms with van der Waals surface area (Å²) in [6, 6.07) is 0. The summed E-state index contributed by atoms with van der Waals surface area (Å²) in [5.74, 6) is 1.63. The Kier molecular flexibility index (Phi) is 4.97. The Hall–Kier alpha value is -1.82. The summed E-state index contributed by atoms with van der Waals surface area (Å²) in [7, 11) is 0. The Labute approximate surface area is 112 Å². The molecule has 2 rings (SSSR count). The molecular formula is C13H21N5O. The van der Waals surface area contributed by atoms with Crippen LogP contribution >= 0.6 is 0 Å². The second-order valence-electron chi connectivity index (χ2n) is 4.42. The van der Waals surface area contributed by atoms with Gasteiger partial charge in [-0.25, -0.2) is 9.97 Å². The Morgan fingerprint density at radius 3 is 2.95 bits per heavy atom. The van der Waals surface area contributed by atoms with Gasteiger partial charge in [0.25, 0.3) is 0 Å². The molecule has 0 saturated carbocycles. The van der Waals surface area contributed by atoms with Crippen LogP contribution in [-0.2, 0) is 0 Å². The maximum atomic E-state index is 8.77. The number of aromatic nitrogens is 3. The van der Waals surface area contributed by atoms with Gasteiger partial charge in [0, 0.05) is 32.1 Å². The summed E-state index contributed by atoms with van der Waals surface area (Å²) >= 11 is 0. The van der Waals surface area contributed by atoms with E-state index >= 15 is 0 Å². The second-order valence-corrected chi connectivity index (χ2v) is 4.42. The van der Waals surface area contributed by atoms with Crippen LogP contribution in [0, 0.1) is 0 Å². The SMILES string of the molecule is CCCNc1cn2ccnc2c(NCCCCO)n1. The number of hydrogen-bond donors (Lipinski definition) is 3. The number of nitrogens with one attached hydrogen (secondary N) is 2. The van der Waals surface area contributed by atoms with E-state index in [1.807, 2.05) is 16.8 Å². The van der Waals surface area contributed by atoms with E-state index in [-0.39, 0.29) is 6.61 Å². The zero-order valence-corrected chi connectivity index (χ0v) is 11.3. The maximum Gasteiger partial charge on any atom is 0.180 e. The van der Waals surface area contributed by atoms with Gasteiger partial charge < -0.3 is 20.1 Å². The van der Waals surface area contributed by atoms with Crippen LogP contribution in [-0.4, -0.2) is 39.2 Å². The Morgan fingerprint density at radius 2 is 2.16 bits per heavy atom.